The molecule has 0 bridgehead atoms. The van der Waals surface area contributed by atoms with Crippen molar-refractivity contribution in [2.24, 2.45) is 5.73 Å². The molecule has 0 aromatic heterocycles. The van der Waals surface area contributed by atoms with E-state index in [2.05, 4.69) is 15.9 Å². The zero-order chi connectivity index (χ0) is 8.55. The van der Waals surface area contributed by atoms with Crippen molar-refractivity contribution in [1.82, 2.24) is 0 Å². The fraction of sp³-hybridized carbons (Fsp3) is 0.333. The van der Waals surface area contributed by atoms with Gasteiger partial charge in [-0.3, -0.25) is 0 Å². The normalized spacial score (nSPS) is 21.3. The van der Waals surface area contributed by atoms with Crippen molar-refractivity contribution in [1.29, 1.82) is 0 Å². The highest BCUT2D eigenvalue weighted by Crippen LogP contribution is 2.35. The van der Waals surface area contributed by atoms with Crippen molar-refractivity contribution in [3.63, 3.8) is 0 Å². The summed E-state index contributed by atoms with van der Waals surface area (Å²) in [5.41, 5.74) is 7.04. The van der Waals surface area contributed by atoms with Gasteiger partial charge in [-0.1, -0.05) is 22.0 Å². The molecule has 0 aliphatic carbocycles. The average molecular weight is 228 g/mol. The molecule has 1 aliphatic heterocycles. The van der Waals surface area contributed by atoms with Gasteiger partial charge in [0.25, 0.3) is 0 Å². The van der Waals surface area contributed by atoms with E-state index in [1.165, 1.54) is 0 Å². The van der Waals surface area contributed by atoms with Gasteiger partial charge in [0.15, 0.2) is 0 Å². The molecule has 0 fully saturated rings. The predicted molar refractivity (Wildman–Crippen MR) is 51.2 cm³/mol. The summed E-state index contributed by atoms with van der Waals surface area (Å²) in [5, 5.41) is 0. The van der Waals surface area contributed by atoms with E-state index in [1.54, 1.807) is 0 Å². The highest BCUT2D eigenvalue weighted by atomic mass is 79.9. The van der Waals surface area contributed by atoms with Crippen molar-refractivity contribution in [3.8, 4) is 5.75 Å². The summed E-state index contributed by atoms with van der Waals surface area (Å²) < 4.78 is 6.51. The zero-order valence-corrected chi connectivity index (χ0v) is 8.17. The summed E-state index contributed by atoms with van der Waals surface area (Å²) in [6.07, 6.45) is 0.898. The molecule has 0 unspecified atom stereocenters. The molecule has 0 saturated heterocycles. The molecule has 0 saturated carbocycles. The molecule has 3 heteroatoms. The molecule has 12 heavy (non-hydrogen) atoms. The summed E-state index contributed by atoms with van der Waals surface area (Å²) in [5.74, 6) is 0.920. The molecule has 0 radical (unpaired) electrons. The Morgan fingerprint density at radius 1 is 1.50 bits per heavy atom. The molecule has 0 spiro atoms. The van der Waals surface area contributed by atoms with E-state index in [0.29, 0.717) is 0 Å². The highest BCUT2D eigenvalue weighted by molar-refractivity contribution is 9.10. The van der Waals surface area contributed by atoms with E-state index in [0.717, 1.165) is 28.8 Å². The van der Waals surface area contributed by atoms with Gasteiger partial charge >= 0.3 is 0 Å². The Morgan fingerprint density at radius 3 is 3.08 bits per heavy atom. The van der Waals surface area contributed by atoms with Gasteiger partial charge in [-0.25, -0.2) is 0 Å². The van der Waals surface area contributed by atoms with E-state index in [9.17, 15) is 0 Å². The van der Waals surface area contributed by atoms with Gasteiger partial charge in [0.2, 0.25) is 0 Å². The van der Waals surface area contributed by atoms with Crippen LogP contribution < -0.4 is 10.5 Å². The van der Waals surface area contributed by atoms with Gasteiger partial charge in [-0.05, 0) is 12.1 Å². The lowest BCUT2D eigenvalue weighted by Crippen LogP contribution is -2.20. The molecular weight excluding hydrogens is 218 g/mol. The van der Waals surface area contributed by atoms with E-state index in [4.69, 9.17) is 10.5 Å². The summed E-state index contributed by atoms with van der Waals surface area (Å²) in [6.45, 7) is 0.727. The number of ether oxygens (including phenoxy) is 1. The van der Waals surface area contributed by atoms with Gasteiger partial charge < -0.3 is 10.5 Å². The lowest BCUT2D eigenvalue weighted by Gasteiger charge is -2.23. The average Bonchev–Trinajstić information content (AvgIpc) is 2.04. The second-order valence-electron chi connectivity index (χ2n) is 2.90. The number of rotatable bonds is 0. The Hall–Kier alpha value is -0.540. The minimum absolute atomic E-state index is 0.115. The van der Waals surface area contributed by atoms with Crippen LogP contribution in [-0.2, 0) is 0 Å². The lowest BCUT2D eigenvalue weighted by atomic mass is 10.0. The van der Waals surface area contributed by atoms with Crippen LogP contribution in [0.3, 0.4) is 0 Å². The monoisotopic (exact) mass is 227 g/mol. The van der Waals surface area contributed by atoms with Gasteiger partial charge in [0.1, 0.15) is 5.75 Å². The van der Waals surface area contributed by atoms with Crippen molar-refractivity contribution in [3.05, 3.63) is 28.2 Å². The second-order valence-corrected chi connectivity index (χ2v) is 3.75. The highest BCUT2D eigenvalue weighted by Gasteiger charge is 2.19. The van der Waals surface area contributed by atoms with Gasteiger partial charge in [0.05, 0.1) is 6.61 Å². The molecule has 1 aromatic rings. The number of hydrogen-bond acceptors (Lipinski definition) is 2. The van der Waals surface area contributed by atoms with Crippen molar-refractivity contribution in [2.45, 2.75) is 12.5 Å². The van der Waals surface area contributed by atoms with Crippen molar-refractivity contribution < 1.29 is 4.74 Å². The third-order valence-corrected chi connectivity index (χ3v) is 2.76. The largest absolute Gasteiger partial charge is 0.493 e. The summed E-state index contributed by atoms with van der Waals surface area (Å²) >= 11 is 3.46. The standard InChI is InChI=1S/C9H10BrNO/c10-6-2-1-3-8-9(6)7(11)4-5-12-8/h1-3,7H,4-5,11H2/t7-/m0/s1. The van der Waals surface area contributed by atoms with Gasteiger partial charge in [-0.15, -0.1) is 0 Å². The second kappa shape index (κ2) is 3.07. The van der Waals surface area contributed by atoms with Crippen LogP contribution in [-0.4, -0.2) is 6.61 Å². The van der Waals surface area contributed by atoms with Crippen LogP contribution in [0.5, 0.6) is 5.75 Å². The van der Waals surface area contributed by atoms with Crippen LogP contribution in [0.1, 0.15) is 18.0 Å². The number of fused-ring (bicyclic) bond motifs is 1. The first-order valence-electron chi connectivity index (χ1n) is 3.96. The third kappa shape index (κ3) is 1.23. The van der Waals surface area contributed by atoms with E-state index < -0.39 is 0 Å². The Bertz CT molecular complexity index is 301. The molecule has 1 heterocycles. The quantitative estimate of drug-likeness (QED) is 0.738. The molecule has 2 rings (SSSR count). The SMILES string of the molecule is N[C@H]1CCOc2cccc(Br)c21. The molecule has 2 N–H and O–H groups in total. The Kier molecular flexibility index (Phi) is 2.07. The smallest absolute Gasteiger partial charge is 0.125 e. The van der Waals surface area contributed by atoms with Crippen LogP contribution >= 0.6 is 15.9 Å². The van der Waals surface area contributed by atoms with E-state index in [-0.39, 0.29) is 6.04 Å². The first-order chi connectivity index (χ1) is 5.79. The van der Waals surface area contributed by atoms with E-state index >= 15 is 0 Å². The molecule has 1 aromatic carbocycles. The van der Waals surface area contributed by atoms with Crippen LogP contribution in [0, 0.1) is 0 Å². The molecular formula is C9H10BrNO. The fourth-order valence-corrected chi connectivity index (χ4v) is 2.09. The maximum Gasteiger partial charge on any atom is 0.125 e. The minimum atomic E-state index is 0.115. The van der Waals surface area contributed by atoms with Gasteiger partial charge in [-0.2, -0.15) is 0 Å². The predicted octanol–water partition coefficient (Wildman–Crippen LogP) is 2.23. The molecule has 64 valence electrons. The van der Waals surface area contributed by atoms with Crippen molar-refractivity contribution >= 4 is 15.9 Å². The summed E-state index contributed by atoms with van der Waals surface area (Å²) in [4.78, 5) is 0. The summed E-state index contributed by atoms with van der Waals surface area (Å²) in [6, 6.07) is 6.03. The Morgan fingerprint density at radius 2 is 2.33 bits per heavy atom. The first kappa shape index (κ1) is 8.08. The lowest BCUT2D eigenvalue weighted by molar-refractivity contribution is 0.268. The topological polar surface area (TPSA) is 35.2 Å². The first-order valence-corrected chi connectivity index (χ1v) is 4.75. The van der Waals surface area contributed by atoms with Crippen molar-refractivity contribution in [2.75, 3.05) is 6.61 Å². The van der Waals surface area contributed by atoms with Crippen LogP contribution in [0.25, 0.3) is 0 Å². The minimum Gasteiger partial charge on any atom is -0.493 e. The number of halogens is 1. The maximum absolute atomic E-state index is 5.94. The van der Waals surface area contributed by atoms with Crippen LogP contribution in [0.15, 0.2) is 22.7 Å². The molecule has 1 atom stereocenters. The van der Waals surface area contributed by atoms with Gasteiger partial charge in [0, 0.05) is 22.5 Å². The molecule has 1 aliphatic rings. The maximum atomic E-state index is 5.94. The summed E-state index contributed by atoms with van der Waals surface area (Å²) in [7, 11) is 0. The number of nitrogens with two attached hydrogens (primary N) is 1. The van der Waals surface area contributed by atoms with Crippen LogP contribution in [0.2, 0.25) is 0 Å². The number of hydrogen-bond donors (Lipinski definition) is 1. The van der Waals surface area contributed by atoms with E-state index in [1.807, 2.05) is 18.2 Å². The third-order valence-electron chi connectivity index (χ3n) is 2.07. The Labute approximate surface area is 79.8 Å². The molecule has 2 nitrogen and oxygen atoms in total. The van der Waals surface area contributed by atoms with Crippen LogP contribution in [0.4, 0.5) is 0 Å². The number of benzene rings is 1. The fourth-order valence-electron chi connectivity index (χ4n) is 1.44. The Balaban J connectivity index is 2.53. The zero-order valence-electron chi connectivity index (χ0n) is 6.59. The molecule has 0 amide bonds.